The van der Waals surface area contributed by atoms with Crippen LogP contribution >= 0.6 is 15.9 Å². The molecule has 148 valence electrons. The van der Waals surface area contributed by atoms with E-state index in [1.807, 2.05) is 30.9 Å². The Bertz CT molecular complexity index is 868. The topological polar surface area (TPSA) is 58.6 Å². The van der Waals surface area contributed by atoms with Gasteiger partial charge in [-0.3, -0.25) is 9.59 Å². The fourth-order valence-corrected chi connectivity index (χ4v) is 4.08. The molecule has 0 bridgehead atoms. The van der Waals surface area contributed by atoms with Crippen LogP contribution in [0.4, 0.5) is 5.69 Å². The summed E-state index contributed by atoms with van der Waals surface area (Å²) in [5.74, 6) is 0.468. The third-order valence-electron chi connectivity index (χ3n) is 4.86. The maximum atomic E-state index is 12.6. The predicted molar refractivity (Wildman–Crippen MR) is 114 cm³/mol. The Morgan fingerprint density at radius 1 is 1.11 bits per heavy atom. The normalized spacial score (nSPS) is 14.6. The Labute approximate surface area is 174 Å². The van der Waals surface area contributed by atoms with Crippen molar-refractivity contribution in [2.24, 2.45) is 0 Å². The first-order valence-electron chi connectivity index (χ1n) is 9.49. The Hall–Kier alpha value is -2.34. The van der Waals surface area contributed by atoms with Gasteiger partial charge in [0.05, 0.1) is 0 Å². The lowest BCUT2D eigenvalue weighted by Gasteiger charge is -2.19. The standard InChI is InChI=1S/C22H25BrN2O3/c1-14-11-18(23)12-15(2)20(14)28-16(3)21(26)24-19-8-6-7-17(13-19)22(27)25-9-4-5-10-25/h6-8,11-13,16H,4-5,9-10H2,1-3H3,(H,24,26). The maximum absolute atomic E-state index is 12.6. The number of nitrogens with one attached hydrogen (secondary N) is 1. The van der Waals surface area contributed by atoms with E-state index < -0.39 is 6.10 Å². The zero-order valence-corrected chi connectivity index (χ0v) is 18.0. The van der Waals surface area contributed by atoms with Crippen LogP contribution in [0.3, 0.4) is 0 Å². The lowest BCUT2D eigenvalue weighted by atomic mass is 10.1. The average Bonchev–Trinajstić information content (AvgIpc) is 3.18. The molecule has 1 aliphatic heterocycles. The number of carbonyl (C=O) groups is 2. The summed E-state index contributed by atoms with van der Waals surface area (Å²) in [6.45, 7) is 7.21. The first kappa shape index (κ1) is 20.4. The molecule has 2 aromatic rings. The predicted octanol–water partition coefficient (Wildman–Crippen LogP) is 4.71. The van der Waals surface area contributed by atoms with Gasteiger partial charge in [-0.1, -0.05) is 22.0 Å². The van der Waals surface area contributed by atoms with Gasteiger partial charge in [0.25, 0.3) is 11.8 Å². The zero-order chi connectivity index (χ0) is 20.3. The summed E-state index contributed by atoms with van der Waals surface area (Å²) < 4.78 is 6.89. The number of benzene rings is 2. The molecule has 0 aliphatic carbocycles. The SMILES string of the molecule is Cc1cc(Br)cc(C)c1OC(C)C(=O)Nc1cccc(C(=O)N2CCCC2)c1. The van der Waals surface area contributed by atoms with Crippen molar-refractivity contribution < 1.29 is 14.3 Å². The van der Waals surface area contributed by atoms with E-state index in [9.17, 15) is 9.59 Å². The van der Waals surface area contributed by atoms with Crippen LogP contribution in [0.2, 0.25) is 0 Å². The highest BCUT2D eigenvalue weighted by molar-refractivity contribution is 9.10. The number of carbonyl (C=O) groups excluding carboxylic acids is 2. The van der Waals surface area contributed by atoms with Gasteiger partial charge in [0.1, 0.15) is 5.75 Å². The van der Waals surface area contributed by atoms with Gasteiger partial charge in [0, 0.05) is 28.8 Å². The number of hydrogen-bond donors (Lipinski definition) is 1. The van der Waals surface area contributed by atoms with Gasteiger partial charge >= 0.3 is 0 Å². The van der Waals surface area contributed by atoms with Gasteiger partial charge in [0.15, 0.2) is 6.10 Å². The number of hydrogen-bond acceptors (Lipinski definition) is 3. The smallest absolute Gasteiger partial charge is 0.265 e. The first-order chi connectivity index (χ1) is 13.3. The van der Waals surface area contributed by atoms with E-state index in [2.05, 4.69) is 21.2 Å². The summed E-state index contributed by atoms with van der Waals surface area (Å²) in [5, 5.41) is 2.85. The minimum absolute atomic E-state index is 0.0130. The summed E-state index contributed by atoms with van der Waals surface area (Å²) in [6.07, 6.45) is 1.43. The monoisotopic (exact) mass is 444 g/mol. The lowest BCUT2D eigenvalue weighted by Crippen LogP contribution is -2.31. The van der Waals surface area contributed by atoms with Crippen molar-refractivity contribution in [2.45, 2.75) is 39.7 Å². The van der Waals surface area contributed by atoms with Crippen LogP contribution in [0.1, 0.15) is 41.3 Å². The Kier molecular flexibility index (Phi) is 6.39. The van der Waals surface area contributed by atoms with Crippen LogP contribution in [0.25, 0.3) is 0 Å². The minimum Gasteiger partial charge on any atom is -0.480 e. The minimum atomic E-state index is -0.670. The van der Waals surface area contributed by atoms with Gasteiger partial charge < -0.3 is 15.0 Å². The molecule has 5 nitrogen and oxygen atoms in total. The van der Waals surface area contributed by atoms with Gasteiger partial charge in [0.2, 0.25) is 0 Å². The number of nitrogens with zero attached hydrogens (tertiary/aromatic N) is 1. The molecule has 2 aromatic carbocycles. The Balaban J connectivity index is 1.67. The largest absolute Gasteiger partial charge is 0.480 e. The van der Waals surface area contributed by atoms with Crippen molar-refractivity contribution in [3.05, 3.63) is 57.6 Å². The lowest BCUT2D eigenvalue weighted by molar-refractivity contribution is -0.122. The summed E-state index contributed by atoms with van der Waals surface area (Å²) in [4.78, 5) is 27.0. The molecule has 0 spiro atoms. The van der Waals surface area contributed by atoms with E-state index in [0.717, 1.165) is 41.5 Å². The molecule has 1 saturated heterocycles. The third kappa shape index (κ3) is 4.73. The number of anilines is 1. The summed E-state index contributed by atoms with van der Waals surface area (Å²) in [6, 6.07) is 11.0. The van der Waals surface area contributed by atoms with E-state index in [-0.39, 0.29) is 11.8 Å². The molecule has 1 fully saturated rings. The van der Waals surface area contributed by atoms with E-state index in [1.165, 1.54) is 0 Å². The molecular formula is C22H25BrN2O3. The van der Waals surface area contributed by atoms with Gasteiger partial charge in [-0.05, 0) is 75.1 Å². The van der Waals surface area contributed by atoms with Crippen molar-refractivity contribution in [2.75, 3.05) is 18.4 Å². The molecule has 0 aromatic heterocycles. The van der Waals surface area contributed by atoms with Gasteiger partial charge in [-0.15, -0.1) is 0 Å². The molecule has 1 N–H and O–H groups in total. The van der Waals surface area contributed by atoms with Crippen molar-refractivity contribution in [3.8, 4) is 5.75 Å². The number of ether oxygens (including phenoxy) is 1. The van der Waals surface area contributed by atoms with Crippen LogP contribution in [-0.2, 0) is 4.79 Å². The van der Waals surface area contributed by atoms with E-state index >= 15 is 0 Å². The second kappa shape index (κ2) is 8.78. The highest BCUT2D eigenvalue weighted by Crippen LogP contribution is 2.28. The van der Waals surface area contributed by atoms with Crippen LogP contribution in [0.15, 0.2) is 40.9 Å². The van der Waals surface area contributed by atoms with Crippen molar-refractivity contribution >= 4 is 33.4 Å². The molecule has 2 amide bonds. The van der Waals surface area contributed by atoms with Crippen molar-refractivity contribution in [3.63, 3.8) is 0 Å². The second-order valence-corrected chi connectivity index (χ2v) is 8.11. The van der Waals surface area contributed by atoms with Crippen LogP contribution < -0.4 is 10.1 Å². The second-order valence-electron chi connectivity index (χ2n) is 7.20. The molecule has 1 aliphatic rings. The molecule has 1 atom stereocenters. The molecule has 3 rings (SSSR count). The zero-order valence-electron chi connectivity index (χ0n) is 16.4. The van der Waals surface area contributed by atoms with Crippen molar-refractivity contribution in [1.29, 1.82) is 0 Å². The molecule has 28 heavy (non-hydrogen) atoms. The molecule has 0 radical (unpaired) electrons. The number of amides is 2. The number of aryl methyl sites for hydroxylation is 2. The third-order valence-corrected chi connectivity index (χ3v) is 5.32. The molecular weight excluding hydrogens is 420 g/mol. The number of halogens is 1. The quantitative estimate of drug-likeness (QED) is 0.726. The van der Waals surface area contributed by atoms with Gasteiger partial charge in [-0.2, -0.15) is 0 Å². The Morgan fingerprint density at radius 2 is 1.75 bits per heavy atom. The van der Waals surface area contributed by atoms with Gasteiger partial charge in [-0.25, -0.2) is 0 Å². The van der Waals surface area contributed by atoms with Crippen molar-refractivity contribution in [1.82, 2.24) is 4.90 Å². The average molecular weight is 445 g/mol. The molecule has 1 unspecified atom stereocenters. The first-order valence-corrected chi connectivity index (χ1v) is 10.3. The number of likely N-dealkylation sites (tertiary alicyclic amines) is 1. The number of rotatable bonds is 5. The highest BCUT2D eigenvalue weighted by atomic mass is 79.9. The van der Waals surface area contributed by atoms with Crippen LogP contribution in [0.5, 0.6) is 5.75 Å². The molecule has 1 heterocycles. The fourth-order valence-electron chi connectivity index (χ4n) is 3.39. The van der Waals surface area contributed by atoms with E-state index in [1.54, 1.807) is 31.2 Å². The maximum Gasteiger partial charge on any atom is 0.265 e. The Morgan fingerprint density at radius 3 is 2.39 bits per heavy atom. The highest BCUT2D eigenvalue weighted by Gasteiger charge is 2.21. The van der Waals surface area contributed by atoms with E-state index in [0.29, 0.717) is 17.0 Å². The summed E-state index contributed by atoms with van der Waals surface area (Å²) in [5.41, 5.74) is 3.11. The summed E-state index contributed by atoms with van der Waals surface area (Å²) >= 11 is 3.46. The van der Waals surface area contributed by atoms with E-state index in [4.69, 9.17) is 4.74 Å². The fraction of sp³-hybridized carbons (Fsp3) is 0.364. The van der Waals surface area contributed by atoms with Crippen LogP contribution in [-0.4, -0.2) is 35.9 Å². The summed E-state index contributed by atoms with van der Waals surface area (Å²) in [7, 11) is 0. The molecule has 6 heteroatoms. The molecule has 0 saturated carbocycles. The van der Waals surface area contributed by atoms with Crippen LogP contribution in [0, 0.1) is 13.8 Å².